The summed E-state index contributed by atoms with van der Waals surface area (Å²) in [5.74, 6) is 0.841. The van der Waals surface area contributed by atoms with Crippen LogP contribution in [-0.4, -0.2) is 13.2 Å². The highest BCUT2D eigenvalue weighted by Crippen LogP contribution is 2.34. The number of rotatable bonds is 5. The van der Waals surface area contributed by atoms with Gasteiger partial charge in [-0.1, -0.05) is 43.3 Å². The topological polar surface area (TPSA) is 21.3 Å². The van der Waals surface area contributed by atoms with Gasteiger partial charge in [-0.05, 0) is 30.2 Å². The Labute approximate surface area is 125 Å². The maximum atomic E-state index is 13.9. The highest BCUT2D eigenvalue weighted by molar-refractivity contribution is 5.46. The fourth-order valence-electron chi connectivity index (χ4n) is 2.94. The van der Waals surface area contributed by atoms with E-state index in [1.165, 1.54) is 11.6 Å². The number of nitrogens with one attached hydrogen (secondary N) is 1. The Balaban J connectivity index is 1.92. The fraction of sp³-hybridized carbons (Fsp3) is 0.333. The Kier molecular flexibility index (Phi) is 4.20. The number of fused-ring (bicyclic) bond motifs is 1. The molecule has 2 nitrogen and oxygen atoms in total. The van der Waals surface area contributed by atoms with E-state index in [1.807, 2.05) is 12.1 Å². The minimum absolute atomic E-state index is 0.0694. The first kappa shape index (κ1) is 14.1. The molecule has 0 aromatic heterocycles. The molecule has 0 aliphatic carbocycles. The van der Waals surface area contributed by atoms with Crippen molar-refractivity contribution >= 4 is 0 Å². The smallest absolute Gasteiger partial charge is 0.127 e. The maximum Gasteiger partial charge on any atom is 0.127 e. The van der Waals surface area contributed by atoms with Crippen LogP contribution >= 0.6 is 0 Å². The van der Waals surface area contributed by atoms with Crippen LogP contribution in [0.4, 0.5) is 4.39 Å². The molecule has 0 radical (unpaired) electrons. The Morgan fingerprint density at radius 1 is 1.19 bits per heavy atom. The number of likely N-dealkylation sites (N-methyl/N-ethyl adjacent to an activating group) is 1. The first-order valence-electron chi connectivity index (χ1n) is 7.51. The van der Waals surface area contributed by atoms with E-state index in [1.54, 1.807) is 6.07 Å². The third-order valence-electron chi connectivity index (χ3n) is 3.95. The molecular formula is C18H20FNO. The van der Waals surface area contributed by atoms with Gasteiger partial charge < -0.3 is 10.1 Å². The quantitative estimate of drug-likeness (QED) is 0.905. The van der Waals surface area contributed by atoms with Gasteiger partial charge in [0.15, 0.2) is 0 Å². The third-order valence-corrected chi connectivity index (χ3v) is 3.95. The zero-order valence-electron chi connectivity index (χ0n) is 12.2. The van der Waals surface area contributed by atoms with E-state index in [4.69, 9.17) is 4.74 Å². The molecule has 0 saturated heterocycles. The van der Waals surface area contributed by atoms with Crippen molar-refractivity contribution in [3.05, 3.63) is 65.0 Å². The molecule has 0 amide bonds. The van der Waals surface area contributed by atoms with Gasteiger partial charge in [0.2, 0.25) is 0 Å². The molecule has 1 aliphatic rings. The van der Waals surface area contributed by atoms with Crippen molar-refractivity contribution in [1.29, 1.82) is 0 Å². The molecule has 0 spiro atoms. The number of ether oxygens (including phenoxy) is 1. The molecular weight excluding hydrogens is 265 g/mol. The zero-order valence-corrected chi connectivity index (χ0v) is 12.2. The largest absolute Gasteiger partial charge is 0.493 e. The summed E-state index contributed by atoms with van der Waals surface area (Å²) in [6, 6.07) is 13.3. The Bertz CT molecular complexity index is 626. The van der Waals surface area contributed by atoms with Gasteiger partial charge in [0, 0.05) is 18.0 Å². The van der Waals surface area contributed by atoms with Crippen LogP contribution in [0.1, 0.15) is 29.7 Å². The van der Waals surface area contributed by atoms with Gasteiger partial charge >= 0.3 is 0 Å². The predicted molar refractivity (Wildman–Crippen MR) is 82.2 cm³/mol. The summed E-state index contributed by atoms with van der Waals surface area (Å²) in [4.78, 5) is 0. The van der Waals surface area contributed by atoms with E-state index in [0.29, 0.717) is 6.42 Å². The van der Waals surface area contributed by atoms with Crippen molar-refractivity contribution in [2.24, 2.45) is 0 Å². The molecule has 3 heteroatoms. The van der Waals surface area contributed by atoms with Crippen molar-refractivity contribution < 1.29 is 9.13 Å². The minimum Gasteiger partial charge on any atom is -0.493 e. The lowest BCUT2D eigenvalue weighted by Gasteiger charge is -2.21. The first-order valence-corrected chi connectivity index (χ1v) is 7.51. The highest BCUT2D eigenvalue weighted by Gasteiger charge is 2.22. The van der Waals surface area contributed by atoms with Crippen LogP contribution in [0, 0.1) is 5.82 Å². The van der Waals surface area contributed by atoms with Gasteiger partial charge in [-0.2, -0.15) is 0 Å². The number of hydrogen-bond donors (Lipinski definition) is 1. The molecule has 2 aromatic rings. The Morgan fingerprint density at radius 3 is 2.86 bits per heavy atom. The average molecular weight is 285 g/mol. The Morgan fingerprint density at radius 2 is 2.05 bits per heavy atom. The monoisotopic (exact) mass is 285 g/mol. The second-order valence-corrected chi connectivity index (χ2v) is 5.34. The normalized spacial score (nSPS) is 14.6. The molecule has 0 bridgehead atoms. The molecule has 1 unspecified atom stereocenters. The van der Waals surface area contributed by atoms with E-state index in [2.05, 4.69) is 30.4 Å². The van der Waals surface area contributed by atoms with E-state index in [-0.39, 0.29) is 11.9 Å². The van der Waals surface area contributed by atoms with Crippen molar-refractivity contribution in [3.8, 4) is 5.75 Å². The predicted octanol–water partition coefficient (Wildman–Crippen LogP) is 3.65. The summed E-state index contributed by atoms with van der Waals surface area (Å²) >= 11 is 0. The molecule has 3 rings (SSSR count). The number of hydrogen-bond acceptors (Lipinski definition) is 2. The SMILES string of the molecule is CCNC(Cc1ccccc1F)c1cccc2c1OCC2. The van der Waals surface area contributed by atoms with Gasteiger partial charge in [-0.15, -0.1) is 0 Å². The van der Waals surface area contributed by atoms with Crippen LogP contribution in [-0.2, 0) is 12.8 Å². The van der Waals surface area contributed by atoms with Crippen molar-refractivity contribution in [3.63, 3.8) is 0 Å². The van der Waals surface area contributed by atoms with Crippen LogP contribution < -0.4 is 10.1 Å². The molecule has 1 N–H and O–H groups in total. The van der Waals surface area contributed by atoms with Crippen LogP contribution in [0.15, 0.2) is 42.5 Å². The highest BCUT2D eigenvalue weighted by atomic mass is 19.1. The summed E-state index contributed by atoms with van der Waals surface area (Å²) in [5.41, 5.74) is 3.12. The summed E-state index contributed by atoms with van der Waals surface area (Å²) in [5, 5.41) is 3.46. The maximum absolute atomic E-state index is 13.9. The van der Waals surface area contributed by atoms with Crippen LogP contribution in [0.25, 0.3) is 0 Å². The third kappa shape index (κ3) is 2.93. The van der Waals surface area contributed by atoms with E-state index in [0.717, 1.165) is 36.4 Å². The van der Waals surface area contributed by atoms with Crippen LogP contribution in [0.3, 0.4) is 0 Å². The summed E-state index contributed by atoms with van der Waals surface area (Å²) in [7, 11) is 0. The van der Waals surface area contributed by atoms with Crippen LogP contribution in [0.2, 0.25) is 0 Å². The van der Waals surface area contributed by atoms with Gasteiger partial charge in [0.1, 0.15) is 11.6 Å². The van der Waals surface area contributed by atoms with Gasteiger partial charge in [-0.3, -0.25) is 0 Å². The summed E-state index contributed by atoms with van der Waals surface area (Å²) < 4.78 is 19.7. The van der Waals surface area contributed by atoms with Crippen molar-refractivity contribution in [2.45, 2.75) is 25.8 Å². The molecule has 0 fully saturated rings. The standard InChI is InChI=1S/C18H20FNO/c1-2-20-17(12-14-6-3-4-9-16(14)19)15-8-5-7-13-10-11-21-18(13)15/h3-9,17,20H,2,10-12H2,1H3. The molecule has 0 saturated carbocycles. The van der Waals surface area contributed by atoms with E-state index in [9.17, 15) is 4.39 Å². The van der Waals surface area contributed by atoms with Gasteiger partial charge in [0.05, 0.1) is 6.61 Å². The number of benzene rings is 2. The molecule has 110 valence electrons. The van der Waals surface area contributed by atoms with E-state index >= 15 is 0 Å². The second kappa shape index (κ2) is 6.27. The van der Waals surface area contributed by atoms with Crippen LogP contribution in [0.5, 0.6) is 5.75 Å². The first-order chi connectivity index (χ1) is 10.3. The number of halogens is 1. The molecule has 1 atom stereocenters. The van der Waals surface area contributed by atoms with Crippen molar-refractivity contribution in [1.82, 2.24) is 5.32 Å². The summed E-state index contributed by atoms with van der Waals surface area (Å²) in [6.07, 6.45) is 1.59. The fourth-order valence-corrected chi connectivity index (χ4v) is 2.94. The van der Waals surface area contributed by atoms with E-state index < -0.39 is 0 Å². The summed E-state index contributed by atoms with van der Waals surface area (Å²) in [6.45, 7) is 3.64. The second-order valence-electron chi connectivity index (χ2n) is 5.34. The molecule has 1 aliphatic heterocycles. The molecule has 2 aromatic carbocycles. The van der Waals surface area contributed by atoms with Crippen molar-refractivity contribution in [2.75, 3.05) is 13.2 Å². The lowest BCUT2D eigenvalue weighted by molar-refractivity contribution is 0.348. The van der Waals surface area contributed by atoms with Gasteiger partial charge in [-0.25, -0.2) is 4.39 Å². The molecule has 21 heavy (non-hydrogen) atoms. The zero-order chi connectivity index (χ0) is 14.7. The Hall–Kier alpha value is -1.87. The lowest BCUT2D eigenvalue weighted by atomic mass is 9.96. The molecule has 1 heterocycles. The number of para-hydroxylation sites is 1. The van der Waals surface area contributed by atoms with Gasteiger partial charge in [0.25, 0.3) is 0 Å². The lowest BCUT2D eigenvalue weighted by Crippen LogP contribution is -2.23. The minimum atomic E-state index is -0.145. The average Bonchev–Trinajstić information content (AvgIpc) is 2.97.